The average Bonchev–Trinajstić information content (AvgIpc) is 3.71. The normalized spacial score (nSPS) is 17.9. The second kappa shape index (κ2) is 15.7. The number of hydrogen-bond donors (Lipinski definition) is 3. The molecule has 1 aliphatic rings. The highest BCUT2D eigenvalue weighted by molar-refractivity contribution is 5.94. The van der Waals surface area contributed by atoms with Crippen molar-refractivity contribution in [2.45, 2.75) is 103 Å². The molecule has 1 atom stereocenters. The van der Waals surface area contributed by atoms with E-state index in [1.807, 2.05) is 31.2 Å². The number of aliphatic carboxylic acids is 1. The summed E-state index contributed by atoms with van der Waals surface area (Å²) >= 11 is 0. The van der Waals surface area contributed by atoms with Crippen molar-refractivity contribution in [1.82, 2.24) is 34.6 Å². The second-order valence-electron chi connectivity index (χ2n) is 11.4. The molecule has 0 saturated heterocycles. The van der Waals surface area contributed by atoms with Crippen LogP contribution in [0.5, 0.6) is 0 Å². The predicted molar refractivity (Wildman–Crippen MR) is 163 cm³/mol. The van der Waals surface area contributed by atoms with Gasteiger partial charge in [0, 0.05) is 49.0 Å². The lowest BCUT2D eigenvalue weighted by molar-refractivity contribution is -0.145. The van der Waals surface area contributed by atoms with Crippen molar-refractivity contribution in [3.05, 3.63) is 71.8 Å². The van der Waals surface area contributed by atoms with E-state index in [1.54, 1.807) is 29.7 Å². The van der Waals surface area contributed by atoms with E-state index in [4.69, 9.17) is 0 Å². The van der Waals surface area contributed by atoms with E-state index < -0.39 is 12.0 Å². The van der Waals surface area contributed by atoms with Gasteiger partial charge in [0.15, 0.2) is 0 Å². The summed E-state index contributed by atoms with van der Waals surface area (Å²) in [6.45, 7) is 9.90. The molecule has 1 unspecified atom stereocenters. The van der Waals surface area contributed by atoms with Gasteiger partial charge in [-0.2, -0.15) is 0 Å². The fraction of sp³-hybridized carbons (Fsp3) is 0.562. The van der Waals surface area contributed by atoms with Gasteiger partial charge in [-0.25, -0.2) is 9.97 Å². The Hall–Kier alpha value is -3.50. The first-order chi connectivity index (χ1) is 20.4. The number of aromatic amines is 2. The maximum Gasteiger partial charge on any atom is 0.320 e. The number of H-pyrrole nitrogens is 2. The molecule has 0 spiro atoms. The Kier molecular flexibility index (Phi) is 11.7. The van der Waals surface area contributed by atoms with Gasteiger partial charge in [-0.15, -0.1) is 0 Å². The number of carbonyl (C=O) groups excluding carboxylic acids is 1. The van der Waals surface area contributed by atoms with Gasteiger partial charge in [-0.05, 0) is 75.7 Å². The Bertz CT molecular complexity index is 1160. The lowest BCUT2D eigenvalue weighted by atomic mass is 9.87. The standard InChI is InChI=1S/C32H47N7O3/c1-4-19-37(20-5-2)26-11-13-27(14-12-26)39(28(6-3)32(41)42)21-24-7-9-25(10-8-24)31(40)38(22-29-33-15-16-34-29)23-30-35-17-18-36-30/h7-10,15-18,26-28H,4-6,11-14,19-23H2,1-3H3,(H,33,34)(H,35,36)(H,41,42)/t26-,27-,28?. The van der Waals surface area contributed by atoms with Crippen LogP contribution in [0.1, 0.15) is 93.3 Å². The lowest BCUT2D eigenvalue weighted by Crippen LogP contribution is -2.50. The first-order valence-electron chi connectivity index (χ1n) is 15.5. The molecule has 1 aromatic carbocycles. The van der Waals surface area contributed by atoms with Gasteiger partial charge < -0.3 is 24.9 Å². The number of amides is 1. The number of benzene rings is 1. The number of nitrogens with one attached hydrogen (secondary N) is 2. The average molecular weight is 578 g/mol. The summed E-state index contributed by atoms with van der Waals surface area (Å²) in [6, 6.07) is 7.89. The van der Waals surface area contributed by atoms with Crippen LogP contribution in [0.4, 0.5) is 0 Å². The van der Waals surface area contributed by atoms with Crippen LogP contribution >= 0.6 is 0 Å². The van der Waals surface area contributed by atoms with Crippen LogP contribution in [-0.4, -0.2) is 82.8 Å². The van der Waals surface area contributed by atoms with Crippen LogP contribution in [-0.2, 0) is 24.4 Å². The van der Waals surface area contributed by atoms with E-state index in [2.05, 4.69) is 43.6 Å². The molecule has 1 aliphatic carbocycles. The van der Waals surface area contributed by atoms with Crippen molar-refractivity contribution in [3.63, 3.8) is 0 Å². The minimum Gasteiger partial charge on any atom is -0.480 e. The van der Waals surface area contributed by atoms with E-state index >= 15 is 0 Å². The Labute approximate surface area is 249 Å². The Morgan fingerprint density at radius 3 is 1.86 bits per heavy atom. The lowest BCUT2D eigenvalue weighted by Gasteiger charge is -2.42. The molecule has 2 aromatic heterocycles. The number of imidazole rings is 2. The molecule has 228 valence electrons. The highest BCUT2D eigenvalue weighted by Crippen LogP contribution is 2.30. The SMILES string of the molecule is CCCN(CCC)[C@H]1CC[C@H](N(Cc2ccc(C(=O)N(Cc3ncc[nH]3)Cc3ncc[nH]3)cc2)C(CC)C(=O)O)CC1. The fourth-order valence-corrected chi connectivity index (χ4v) is 6.33. The summed E-state index contributed by atoms with van der Waals surface area (Å²) in [5.74, 6) is 0.508. The summed E-state index contributed by atoms with van der Waals surface area (Å²) in [4.78, 5) is 47.1. The molecule has 0 aliphatic heterocycles. The number of hydrogen-bond acceptors (Lipinski definition) is 6. The molecular formula is C32H47N7O3. The summed E-state index contributed by atoms with van der Waals surface area (Å²) in [5.41, 5.74) is 1.58. The van der Waals surface area contributed by atoms with Crippen molar-refractivity contribution in [1.29, 1.82) is 0 Å². The highest BCUT2D eigenvalue weighted by atomic mass is 16.4. The minimum atomic E-state index is -0.767. The van der Waals surface area contributed by atoms with Crippen LogP contribution in [0.25, 0.3) is 0 Å². The maximum absolute atomic E-state index is 13.6. The smallest absolute Gasteiger partial charge is 0.320 e. The van der Waals surface area contributed by atoms with Gasteiger partial charge in [0.2, 0.25) is 0 Å². The third-order valence-corrected chi connectivity index (χ3v) is 8.39. The highest BCUT2D eigenvalue weighted by Gasteiger charge is 2.34. The molecule has 0 bridgehead atoms. The van der Waals surface area contributed by atoms with Crippen LogP contribution in [0, 0.1) is 0 Å². The van der Waals surface area contributed by atoms with Crippen LogP contribution < -0.4 is 0 Å². The van der Waals surface area contributed by atoms with Crippen LogP contribution in [0.2, 0.25) is 0 Å². The quantitative estimate of drug-likeness (QED) is 0.217. The van der Waals surface area contributed by atoms with Crippen molar-refractivity contribution in [3.8, 4) is 0 Å². The first kappa shape index (κ1) is 31.4. The molecule has 42 heavy (non-hydrogen) atoms. The van der Waals surface area contributed by atoms with E-state index in [0.717, 1.165) is 57.2 Å². The first-order valence-corrected chi connectivity index (χ1v) is 15.5. The molecule has 1 amide bonds. The van der Waals surface area contributed by atoms with Gasteiger partial charge >= 0.3 is 5.97 Å². The van der Waals surface area contributed by atoms with E-state index in [9.17, 15) is 14.7 Å². The Balaban J connectivity index is 1.46. The maximum atomic E-state index is 13.6. The number of nitrogens with zero attached hydrogens (tertiary/aromatic N) is 5. The molecule has 1 saturated carbocycles. The zero-order chi connectivity index (χ0) is 29.9. The fourth-order valence-electron chi connectivity index (χ4n) is 6.33. The zero-order valence-corrected chi connectivity index (χ0v) is 25.3. The largest absolute Gasteiger partial charge is 0.480 e. The summed E-state index contributed by atoms with van der Waals surface area (Å²) in [6.07, 6.45) is 13.9. The second-order valence-corrected chi connectivity index (χ2v) is 11.4. The van der Waals surface area contributed by atoms with Crippen molar-refractivity contribution < 1.29 is 14.7 Å². The zero-order valence-electron chi connectivity index (χ0n) is 25.3. The molecule has 10 nitrogen and oxygen atoms in total. The van der Waals surface area contributed by atoms with E-state index in [0.29, 0.717) is 49.3 Å². The van der Waals surface area contributed by atoms with Gasteiger partial charge in [-0.3, -0.25) is 14.5 Å². The Morgan fingerprint density at radius 1 is 0.857 bits per heavy atom. The third-order valence-electron chi connectivity index (χ3n) is 8.39. The molecule has 0 radical (unpaired) electrons. The summed E-state index contributed by atoms with van der Waals surface area (Å²) < 4.78 is 0. The van der Waals surface area contributed by atoms with E-state index in [-0.39, 0.29) is 11.9 Å². The third kappa shape index (κ3) is 8.29. The number of carboxylic acids is 1. The molecule has 4 rings (SSSR count). The molecule has 3 aromatic rings. The van der Waals surface area contributed by atoms with Gasteiger partial charge in [-0.1, -0.05) is 32.9 Å². The number of aromatic nitrogens is 4. The van der Waals surface area contributed by atoms with Crippen molar-refractivity contribution >= 4 is 11.9 Å². The van der Waals surface area contributed by atoms with Crippen molar-refractivity contribution in [2.75, 3.05) is 13.1 Å². The monoisotopic (exact) mass is 577 g/mol. The van der Waals surface area contributed by atoms with Crippen LogP contribution in [0.3, 0.4) is 0 Å². The van der Waals surface area contributed by atoms with Gasteiger partial charge in [0.25, 0.3) is 5.91 Å². The van der Waals surface area contributed by atoms with E-state index in [1.165, 1.54) is 0 Å². The number of carboxylic acid groups (broad SMARTS) is 1. The summed E-state index contributed by atoms with van der Waals surface area (Å²) in [5, 5.41) is 10.1. The van der Waals surface area contributed by atoms with Crippen LogP contribution in [0.15, 0.2) is 49.1 Å². The molecule has 10 heteroatoms. The number of rotatable bonds is 16. The number of carbonyl (C=O) groups is 2. The Morgan fingerprint density at radius 2 is 1.40 bits per heavy atom. The molecule has 3 N–H and O–H groups in total. The molecule has 2 heterocycles. The topological polar surface area (TPSA) is 121 Å². The van der Waals surface area contributed by atoms with Crippen molar-refractivity contribution in [2.24, 2.45) is 0 Å². The predicted octanol–water partition coefficient (Wildman–Crippen LogP) is 5.07. The molecule has 1 fully saturated rings. The summed E-state index contributed by atoms with van der Waals surface area (Å²) in [7, 11) is 0. The molecular weight excluding hydrogens is 530 g/mol. The van der Waals surface area contributed by atoms with Gasteiger partial charge in [0.1, 0.15) is 17.7 Å². The minimum absolute atomic E-state index is 0.120. The van der Waals surface area contributed by atoms with Gasteiger partial charge in [0.05, 0.1) is 13.1 Å².